The maximum absolute atomic E-state index is 11.8. The van der Waals surface area contributed by atoms with E-state index >= 15 is 0 Å². The molecule has 0 unspecified atom stereocenters. The van der Waals surface area contributed by atoms with Crippen LogP contribution in [0.25, 0.3) is 10.9 Å². The molecule has 0 fully saturated rings. The first-order chi connectivity index (χ1) is 8.47. The summed E-state index contributed by atoms with van der Waals surface area (Å²) in [4.78, 5) is 29.3. The van der Waals surface area contributed by atoms with Gasteiger partial charge in [0.15, 0.2) is 0 Å². The fourth-order valence-electron chi connectivity index (χ4n) is 1.56. The lowest BCUT2D eigenvalue weighted by molar-refractivity contribution is -0.142. The molecule has 0 bridgehead atoms. The molecule has 94 valence electrons. The molecule has 1 heterocycles. The maximum Gasteiger partial charge on any atom is 0.303 e. The van der Waals surface area contributed by atoms with Gasteiger partial charge in [-0.25, -0.2) is 4.98 Å². The molecule has 18 heavy (non-hydrogen) atoms. The minimum Gasteiger partial charge on any atom is -0.458 e. The minimum atomic E-state index is -0.431. The predicted molar refractivity (Wildman–Crippen MR) is 67.6 cm³/mol. The van der Waals surface area contributed by atoms with E-state index in [1.165, 1.54) is 6.92 Å². The van der Waals surface area contributed by atoms with Gasteiger partial charge in [-0.2, -0.15) is 0 Å². The lowest BCUT2D eigenvalue weighted by Gasteiger charge is -2.05. The molecule has 1 N–H and O–H groups in total. The number of aryl methyl sites for hydroxylation is 1. The highest BCUT2D eigenvalue weighted by Gasteiger charge is 2.07. The number of nitrogens with zero attached hydrogens (tertiary/aromatic N) is 1. The standard InChI is InChI=1S/C12H11ClN2O3/c1-6-3-8-10(4-9(6)13)14-11(15-12(8)17)5-18-7(2)16/h3-4H,5H2,1-2H3,(H,14,15,17). The van der Waals surface area contributed by atoms with Gasteiger partial charge < -0.3 is 9.72 Å². The van der Waals surface area contributed by atoms with Crippen molar-refractivity contribution < 1.29 is 9.53 Å². The topological polar surface area (TPSA) is 72.0 Å². The molecule has 1 aromatic heterocycles. The summed E-state index contributed by atoms with van der Waals surface area (Å²) >= 11 is 5.98. The summed E-state index contributed by atoms with van der Waals surface area (Å²) in [7, 11) is 0. The molecule has 0 radical (unpaired) electrons. The lowest BCUT2D eigenvalue weighted by Crippen LogP contribution is -2.13. The highest BCUT2D eigenvalue weighted by molar-refractivity contribution is 6.32. The number of rotatable bonds is 2. The van der Waals surface area contributed by atoms with Crippen molar-refractivity contribution in [3.8, 4) is 0 Å². The molecule has 6 heteroatoms. The van der Waals surface area contributed by atoms with Crippen LogP contribution in [0.15, 0.2) is 16.9 Å². The van der Waals surface area contributed by atoms with Crippen molar-refractivity contribution in [2.24, 2.45) is 0 Å². The van der Waals surface area contributed by atoms with Crippen molar-refractivity contribution in [1.82, 2.24) is 9.97 Å². The number of aromatic nitrogens is 2. The van der Waals surface area contributed by atoms with Gasteiger partial charge in [0.1, 0.15) is 12.4 Å². The third-order valence-electron chi connectivity index (χ3n) is 2.45. The van der Waals surface area contributed by atoms with E-state index in [-0.39, 0.29) is 12.2 Å². The average Bonchev–Trinajstić information content (AvgIpc) is 2.29. The van der Waals surface area contributed by atoms with Crippen LogP contribution in [0.3, 0.4) is 0 Å². The van der Waals surface area contributed by atoms with Crippen LogP contribution in [0.4, 0.5) is 0 Å². The molecule has 2 rings (SSSR count). The molecule has 0 aliphatic carbocycles. The minimum absolute atomic E-state index is 0.0635. The second kappa shape index (κ2) is 4.78. The zero-order chi connectivity index (χ0) is 13.3. The SMILES string of the molecule is CC(=O)OCc1nc2cc(Cl)c(C)cc2c(=O)[nH]1. The summed E-state index contributed by atoms with van der Waals surface area (Å²) in [5.74, 6) is -0.137. The zero-order valence-electron chi connectivity index (χ0n) is 9.91. The van der Waals surface area contributed by atoms with E-state index in [9.17, 15) is 9.59 Å². The van der Waals surface area contributed by atoms with E-state index in [1.54, 1.807) is 12.1 Å². The molecule has 0 saturated heterocycles. The predicted octanol–water partition coefficient (Wildman–Crippen LogP) is 1.95. The molecule has 5 nitrogen and oxygen atoms in total. The number of benzene rings is 1. The molecule has 0 aliphatic rings. The Balaban J connectivity index is 2.51. The summed E-state index contributed by atoms with van der Waals surface area (Å²) in [6.07, 6.45) is 0. The van der Waals surface area contributed by atoms with Gasteiger partial charge in [-0.1, -0.05) is 11.6 Å². The third kappa shape index (κ3) is 2.51. The largest absolute Gasteiger partial charge is 0.458 e. The Hall–Kier alpha value is -1.88. The highest BCUT2D eigenvalue weighted by Crippen LogP contribution is 2.19. The molecular formula is C12H11ClN2O3. The monoisotopic (exact) mass is 266 g/mol. The Kier molecular flexibility index (Phi) is 3.34. The molecule has 2 aromatic rings. The summed E-state index contributed by atoms with van der Waals surface area (Å²) in [5.41, 5.74) is 1.02. The second-order valence-electron chi connectivity index (χ2n) is 3.91. The number of esters is 1. The Labute approximate surface area is 108 Å². The van der Waals surface area contributed by atoms with Crippen LogP contribution in [0, 0.1) is 6.92 Å². The number of halogens is 1. The Bertz CT molecular complexity index is 679. The number of carbonyl (C=O) groups excluding carboxylic acids is 1. The number of carbonyl (C=O) groups is 1. The Morgan fingerprint density at radius 3 is 2.89 bits per heavy atom. The van der Waals surface area contributed by atoms with Crippen LogP contribution in [0.1, 0.15) is 18.3 Å². The van der Waals surface area contributed by atoms with Crippen LogP contribution in [0.5, 0.6) is 0 Å². The van der Waals surface area contributed by atoms with E-state index in [4.69, 9.17) is 16.3 Å². The van der Waals surface area contributed by atoms with Crippen molar-refractivity contribution in [3.63, 3.8) is 0 Å². The van der Waals surface area contributed by atoms with E-state index in [2.05, 4.69) is 9.97 Å². The van der Waals surface area contributed by atoms with Crippen molar-refractivity contribution in [2.75, 3.05) is 0 Å². The quantitative estimate of drug-likeness (QED) is 0.843. The zero-order valence-corrected chi connectivity index (χ0v) is 10.7. The molecule has 0 saturated carbocycles. The number of aromatic amines is 1. The number of H-pyrrole nitrogens is 1. The smallest absolute Gasteiger partial charge is 0.303 e. The van der Waals surface area contributed by atoms with E-state index in [0.29, 0.717) is 21.7 Å². The molecule has 0 spiro atoms. The fraction of sp³-hybridized carbons (Fsp3) is 0.250. The van der Waals surface area contributed by atoms with Crippen LogP contribution in [0.2, 0.25) is 5.02 Å². The van der Waals surface area contributed by atoms with Crippen LogP contribution in [-0.4, -0.2) is 15.9 Å². The summed E-state index contributed by atoms with van der Waals surface area (Å²) in [6.45, 7) is 3.04. The van der Waals surface area contributed by atoms with Crippen LogP contribution in [-0.2, 0) is 16.1 Å². The number of hydrogen-bond donors (Lipinski definition) is 1. The van der Waals surface area contributed by atoms with Crippen molar-refractivity contribution in [3.05, 3.63) is 38.9 Å². The van der Waals surface area contributed by atoms with Crippen molar-refractivity contribution in [1.29, 1.82) is 0 Å². The average molecular weight is 267 g/mol. The van der Waals surface area contributed by atoms with Gasteiger partial charge in [-0.3, -0.25) is 9.59 Å². The number of ether oxygens (including phenoxy) is 1. The molecule has 0 atom stereocenters. The molecule has 0 aliphatic heterocycles. The first-order valence-corrected chi connectivity index (χ1v) is 5.67. The molecule has 1 aromatic carbocycles. The van der Waals surface area contributed by atoms with Gasteiger partial charge >= 0.3 is 5.97 Å². The van der Waals surface area contributed by atoms with E-state index in [0.717, 1.165) is 5.56 Å². The van der Waals surface area contributed by atoms with Gasteiger partial charge in [0.05, 0.1) is 10.9 Å². The van der Waals surface area contributed by atoms with Gasteiger partial charge in [0.25, 0.3) is 5.56 Å². The summed E-state index contributed by atoms with van der Waals surface area (Å²) in [6, 6.07) is 3.30. The van der Waals surface area contributed by atoms with Gasteiger partial charge in [0, 0.05) is 11.9 Å². The van der Waals surface area contributed by atoms with Gasteiger partial charge in [-0.05, 0) is 24.6 Å². The fourth-order valence-corrected chi connectivity index (χ4v) is 1.71. The van der Waals surface area contributed by atoms with Crippen LogP contribution >= 0.6 is 11.6 Å². The van der Waals surface area contributed by atoms with E-state index < -0.39 is 5.97 Å². The first kappa shape index (κ1) is 12.6. The molecular weight excluding hydrogens is 256 g/mol. The second-order valence-corrected chi connectivity index (χ2v) is 4.32. The number of fused-ring (bicyclic) bond motifs is 1. The molecule has 0 amide bonds. The maximum atomic E-state index is 11.8. The van der Waals surface area contributed by atoms with Crippen molar-refractivity contribution >= 4 is 28.5 Å². The summed E-state index contributed by atoms with van der Waals surface area (Å²) < 4.78 is 4.78. The van der Waals surface area contributed by atoms with Gasteiger partial charge in [-0.15, -0.1) is 0 Å². The normalized spacial score (nSPS) is 10.6. The van der Waals surface area contributed by atoms with Gasteiger partial charge in [0.2, 0.25) is 0 Å². The summed E-state index contributed by atoms with van der Waals surface area (Å²) in [5, 5.41) is 1.00. The first-order valence-electron chi connectivity index (χ1n) is 5.30. The third-order valence-corrected chi connectivity index (χ3v) is 2.85. The number of nitrogens with one attached hydrogen (secondary N) is 1. The van der Waals surface area contributed by atoms with Crippen molar-refractivity contribution in [2.45, 2.75) is 20.5 Å². The Morgan fingerprint density at radius 2 is 2.22 bits per heavy atom. The number of hydrogen-bond acceptors (Lipinski definition) is 4. The Morgan fingerprint density at radius 1 is 1.50 bits per heavy atom. The van der Waals surface area contributed by atoms with E-state index in [1.807, 2.05) is 6.92 Å². The van der Waals surface area contributed by atoms with Crippen LogP contribution < -0.4 is 5.56 Å². The lowest BCUT2D eigenvalue weighted by atomic mass is 10.1. The highest BCUT2D eigenvalue weighted by atomic mass is 35.5.